The average molecular weight is 458 g/mol. The third kappa shape index (κ3) is 6.29. The molecule has 0 bridgehead atoms. The Morgan fingerprint density at radius 2 is 2.06 bits per heavy atom. The summed E-state index contributed by atoms with van der Waals surface area (Å²) in [5, 5.41) is 8.58. The lowest BCUT2D eigenvalue weighted by Gasteiger charge is -2.26. The Labute approximate surface area is 188 Å². The van der Waals surface area contributed by atoms with E-state index >= 15 is 0 Å². The van der Waals surface area contributed by atoms with Gasteiger partial charge in [-0.15, -0.1) is 0 Å². The molecule has 1 amide bonds. The Morgan fingerprint density at radius 1 is 1.28 bits per heavy atom. The summed E-state index contributed by atoms with van der Waals surface area (Å²) >= 11 is 0. The van der Waals surface area contributed by atoms with Crippen molar-refractivity contribution in [2.24, 2.45) is 0 Å². The first kappa shape index (κ1) is 23.7. The van der Waals surface area contributed by atoms with Gasteiger partial charge >= 0.3 is 0 Å². The van der Waals surface area contributed by atoms with Gasteiger partial charge in [-0.1, -0.05) is 12.1 Å². The van der Waals surface area contributed by atoms with Gasteiger partial charge in [0.05, 0.1) is 24.2 Å². The number of ether oxygens (including phenoxy) is 2. The highest BCUT2D eigenvalue weighted by molar-refractivity contribution is 7.89. The van der Waals surface area contributed by atoms with Gasteiger partial charge in [-0.05, 0) is 54.8 Å². The summed E-state index contributed by atoms with van der Waals surface area (Å²) in [7, 11) is -2.13. The molecule has 3 rings (SSSR count). The molecule has 1 unspecified atom stereocenters. The van der Waals surface area contributed by atoms with Gasteiger partial charge < -0.3 is 14.4 Å². The minimum Gasteiger partial charge on any atom is -0.497 e. The Hall–Kier alpha value is -2.93. The van der Waals surface area contributed by atoms with E-state index in [1.807, 2.05) is 30.3 Å². The predicted molar refractivity (Wildman–Crippen MR) is 119 cm³/mol. The maximum Gasteiger partial charge on any atom is 0.254 e. The second kappa shape index (κ2) is 11.1. The van der Waals surface area contributed by atoms with Crippen molar-refractivity contribution in [2.75, 3.05) is 26.8 Å². The van der Waals surface area contributed by atoms with Gasteiger partial charge in [-0.25, -0.2) is 13.1 Å². The highest BCUT2D eigenvalue weighted by Crippen LogP contribution is 2.20. The first-order valence-electron chi connectivity index (χ1n) is 10.4. The zero-order chi connectivity index (χ0) is 23.0. The zero-order valence-corrected chi connectivity index (χ0v) is 18.8. The van der Waals surface area contributed by atoms with Crippen LogP contribution in [0.3, 0.4) is 0 Å². The van der Waals surface area contributed by atoms with E-state index < -0.39 is 10.0 Å². The SMILES string of the molecule is COc1cccc(CN(CC2CCCO2)C(=O)c2ccc(S(=O)(=O)NCCC#N)cc2)c1. The number of hydrogen-bond donors (Lipinski definition) is 1. The van der Waals surface area contributed by atoms with Crippen LogP contribution in [0.5, 0.6) is 5.75 Å². The molecular formula is C23H27N3O5S. The van der Waals surface area contributed by atoms with Crippen LogP contribution in [0.1, 0.15) is 35.2 Å². The summed E-state index contributed by atoms with van der Waals surface area (Å²) in [5.74, 6) is 0.509. The van der Waals surface area contributed by atoms with E-state index in [-0.39, 0.29) is 29.9 Å². The number of sulfonamides is 1. The van der Waals surface area contributed by atoms with Gasteiger partial charge in [0.2, 0.25) is 10.0 Å². The number of amides is 1. The zero-order valence-electron chi connectivity index (χ0n) is 18.0. The van der Waals surface area contributed by atoms with E-state index in [1.165, 1.54) is 24.3 Å². The smallest absolute Gasteiger partial charge is 0.254 e. The number of methoxy groups -OCH3 is 1. The minimum atomic E-state index is -3.73. The van der Waals surface area contributed by atoms with Crippen LogP contribution in [0.25, 0.3) is 0 Å². The molecule has 0 aliphatic carbocycles. The fourth-order valence-electron chi connectivity index (χ4n) is 3.53. The van der Waals surface area contributed by atoms with Crippen molar-refractivity contribution in [3.63, 3.8) is 0 Å². The molecule has 1 aliphatic rings. The molecule has 1 saturated heterocycles. The number of rotatable bonds is 10. The molecule has 2 aromatic rings. The fourth-order valence-corrected chi connectivity index (χ4v) is 4.56. The van der Waals surface area contributed by atoms with Crippen molar-refractivity contribution in [2.45, 2.75) is 36.8 Å². The topological polar surface area (TPSA) is 109 Å². The second-order valence-corrected chi connectivity index (χ2v) is 9.27. The lowest BCUT2D eigenvalue weighted by molar-refractivity contribution is 0.0507. The van der Waals surface area contributed by atoms with Gasteiger partial charge in [0.25, 0.3) is 5.91 Å². The van der Waals surface area contributed by atoms with Crippen LogP contribution >= 0.6 is 0 Å². The number of nitrogens with zero attached hydrogens (tertiary/aromatic N) is 2. The Kier molecular flexibility index (Phi) is 8.22. The molecule has 9 heteroatoms. The lowest BCUT2D eigenvalue weighted by Crippen LogP contribution is -2.37. The molecule has 170 valence electrons. The maximum absolute atomic E-state index is 13.3. The van der Waals surface area contributed by atoms with Crippen molar-refractivity contribution >= 4 is 15.9 Å². The second-order valence-electron chi connectivity index (χ2n) is 7.50. The number of carbonyl (C=O) groups excluding carboxylic acids is 1. The van der Waals surface area contributed by atoms with E-state index in [0.29, 0.717) is 31.0 Å². The molecule has 2 aromatic carbocycles. The van der Waals surface area contributed by atoms with Gasteiger partial charge in [0.1, 0.15) is 5.75 Å². The van der Waals surface area contributed by atoms with E-state index in [9.17, 15) is 13.2 Å². The van der Waals surface area contributed by atoms with Crippen LogP contribution in [0.2, 0.25) is 0 Å². The van der Waals surface area contributed by atoms with E-state index in [1.54, 1.807) is 12.0 Å². The van der Waals surface area contributed by atoms with E-state index in [2.05, 4.69) is 4.72 Å². The molecule has 1 heterocycles. The lowest BCUT2D eigenvalue weighted by atomic mass is 10.1. The van der Waals surface area contributed by atoms with Gasteiger partial charge in [0, 0.05) is 38.2 Å². The highest BCUT2D eigenvalue weighted by Gasteiger charge is 2.24. The molecule has 32 heavy (non-hydrogen) atoms. The van der Waals surface area contributed by atoms with Gasteiger partial charge in [-0.3, -0.25) is 4.79 Å². The molecule has 8 nitrogen and oxygen atoms in total. The Morgan fingerprint density at radius 3 is 2.72 bits per heavy atom. The van der Waals surface area contributed by atoms with E-state index in [4.69, 9.17) is 14.7 Å². The number of benzene rings is 2. The number of nitrogens with one attached hydrogen (secondary N) is 1. The molecule has 1 aliphatic heterocycles. The maximum atomic E-state index is 13.3. The summed E-state index contributed by atoms with van der Waals surface area (Å²) in [5.41, 5.74) is 1.32. The average Bonchev–Trinajstić information content (AvgIpc) is 3.32. The van der Waals surface area contributed by atoms with Crippen molar-refractivity contribution < 1.29 is 22.7 Å². The summed E-state index contributed by atoms with van der Waals surface area (Å²) in [6.07, 6.45) is 1.93. The van der Waals surface area contributed by atoms with Crippen molar-refractivity contribution in [1.82, 2.24) is 9.62 Å². The minimum absolute atomic E-state index is 0.0199. The Balaban J connectivity index is 1.78. The summed E-state index contributed by atoms with van der Waals surface area (Å²) in [6.45, 7) is 1.56. The monoisotopic (exact) mass is 457 g/mol. The molecule has 1 atom stereocenters. The summed E-state index contributed by atoms with van der Waals surface area (Å²) in [4.78, 5) is 15.1. The van der Waals surface area contributed by atoms with Crippen molar-refractivity contribution in [3.8, 4) is 11.8 Å². The number of carbonyl (C=O) groups is 1. The first-order valence-corrected chi connectivity index (χ1v) is 11.9. The van der Waals surface area contributed by atoms with Gasteiger partial charge in [-0.2, -0.15) is 5.26 Å². The third-order valence-electron chi connectivity index (χ3n) is 5.18. The third-order valence-corrected chi connectivity index (χ3v) is 6.66. The molecular weight excluding hydrogens is 430 g/mol. The fraction of sp³-hybridized carbons (Fsp3) is 0.391. The molecule has 0 saturated carbocycles. The summed E-state index contributed by atoms with van der Waals surface area (Å²) in [6, 6.07) is 15.3. The molecule has 1 N–H and O–H groups in total. The summed E-state index contributed by atoms with van der Waals surface area (Å²) < 4.78 is 38.0. The predicted octanol–water partition coefficient (Wildman–Crippen LogP) is 2.71. The largest absolute Gasteiger partial charge is 0.497 e. The van der Waals surface area contributed by atoms with E-state index in [0.717, 1.165) is 18.4 Å². The standard InChI is InChI=1S/C23H27N3O5S/c1-30-20-6-2-5-18(15-20)16-26(17-21-7-3-14-31-21)23(27)19-8-10-22(11-9-19)32(28,29)25-13-4-12-24/h2,5-6,8-11,15,21,25H,3-4,7,13-14,16-17H2,1H3. The Bertz CT molecular complexity index is 1060. The normalized spacial score (nSPS) is 15.8. The number of nitriles is 1. The van der Waals surface area contributed by atoms with Crippen LogP contribution in [0, 0.1) is 11.3 Å². The van der Waals surface area contributed by atoms with Crippen LogP contribution in [0.15, 0.2) is 53.4 Å². The highest BCUT2D eigenvalue weighted by atomic mass is 32.2. The molecule has 0 spiro atoms. The van der Waals surface area contributed by atoms with Crippen molar-refractivity contribution in [1.29, 1.82) is 5.26 Å². The van der Waals surface area contributed by atoms with Crippen LogP contribution < -0.4 is 9.46 Å². The molecule has 1 fully saturated rings. The quantitative estimate of drug-likeness (QED) is 0.550. The van der Waals surface area contributed by atoms with Crippen molar-refractivity contribution in [3.05, 3.63) is 59.7 Å². The number of hydrogen-bond acceptors (Lipinski definition) is 6. The van der Waals surface area contributed by atoms with Crippen LogP contribution in [-0.2, 0) is 21.3 Å². The van der Waals surface area contributed by atoms with Gasteiger partial charge in [0.15, 0.2) is 0 Å². The van der Waals surface area contributed by atoms with Crippen LogP contribution in [0.4, 0.5) is 0 Å². The molecule has 0 aromatic heterocycles. The first-order chi connectivity index (χ1) is 15.4. The molecule has 0 radical (unpaired) electrons. The van der Waals surface area contributed by atoms with Crippen LogP contribution in [-0.4, -0.2) is 52.1 Å².